The maximum Gasteiger partial charge on any atom is 0.165 e. The monoisotopic (exact) mass is 234 g/mol. The van der Waals surface area contributed by atoms with E-state index in [1.807, 2.05) is 30.5 Å². The summed E-state index contributed by atoms with van der Waals surface area (Å²) < 4.78 is 13.2. The Morgan fingerprint density at radius 1 is 1.06 bits per heavy atom. The van der Waals surface area contributed by atoms with Gasteiger partial charge in [-0.2, -0.15) is 0 Å². The fourth-order valence-corrected chi connectivity index (χ4v) is 1.95. The maximum absolute atomic E-state index is 13.2. The van der Waals surface area contributed by atoms with Crippen molar-refractivity contribution in [3.8, 4) is 16.9 Å². The van der Waals surface area contributed by atoms with Gasteiger partial charge in [0, 0.05) is 4.90 Å². The Bertz CT molecular complexity index is 511. The van der Waals surface area contributed by atoms with Crippen LogP contribution in [0.3, 0.4) is 0 Å². The Labute approximate surface area is 97.9 Å². The molecule has 0 aromatic heterocycles. The number of benzene rings is 2. The number of phenols is 1. The third kappa shape index (κ3) is 2.19. The minimum Gasteiger partial charge on any atom is -0.505 e. The Kier molecular flexibility index (Phi) is 3.15. The van der Waals surface area contributed by atoms with E-state index in [2.05, 4.69) is 0 Å². The summed E-state index contributed by atoms with van der Waals surface area (Å²) in [4.78, 5) is 1.13. The van der Waals surface area contributed by atoms with Gasteiger partial charge in [0.25, 0.3) is 0 Å². The molecule has 0 unspecified atom stereocenters. The van der Waals surface area contributed by atoms with Gasteiger partial charge in [0.1, 0.15) is 0 Å². The first-order chi connectivity index (χ1) is 7.70. The largest absolute Gasteiger partial charge is 0.505 e. The van der Waals surface area contributed by atoms with E-state index >= 15 is 0 Å². The summed E-state index contributed by atoms with van der Waals surface area (Å²) in [5, 5.41) is 9.11. The number of hydrogen-bond donors (Lipinski definition) is 1. The van der Waals surface area contributed by atoms with Crippen LogP contribution in [0.4, 0.5) is 4.39 Å². The van der Waals surface area contributed by atoms with E-state index in [1.165, 1.54) is 12.1 Å². The van der Waals surface area contributed by atoms with Gasteiger partial charge in [-0.3, -0.25) is 0 Å². The lowest BCUT2D eigenvalue weighted by Gasteiger charge is -2.04. The van der Waals surface area contributed by atoms with Gasteiger partial charge in [0.05, 0.1) is 0 Å². The molecule has 0 aliphatic carbocycles. The van der Waals surface area contributed by atoms with Crippen molar-refractivity contribution >= 4 is 11.8 Å². The van der Waals surface area contributed by atoms with E-state index in [0.29, 0.717) is 0 Å². The second-order valence-electron chi connectivity index (χ2n) is 3.40. The average Bonchev–Trinajstić information content (AvgIpc) is 2.33. The van der Waals surface area contributed by atoms with Crippen molar-refractivity contribution in [3.63, 3.8) is 0 Å². The lowest BCUT2D eigenvalue weighted by Crippen LogP contribution is -1.81. The molecule has 1 N–H and O–H groups in total. The fraction of sp³-hybridized carbons (Fsp3) is 0.0769. The van der Waals surface area contributed by atoms with Crippen LogP contribution in [0.2, 0.25) is 0 Å². The smallest absolute Gasteiger partial charge is 0.165 e. The number of rotatable bonds is 2. The molecular formula is C13H11FOS. The molecule has 0 fully saturated rings. The molecule has 1 nitrogen and oxygen atoms in total. The van der Waals surface area contributed by atoms with Crippen LogP contribution in [-0.4, -0.2) is 11.4 Å². The molecular weight excluding hydrogens is 223 g/mol. The molecule has 0 radical (unpaired) electrons. The zero-order chi connectivity index (χ0) is 11.5. The van der Waals surface area contributed by atoms with Crippen LogP contribution in [0.1, 0.15) is 0 Å². The third-order valence-electron chi connectivity index (χ3n) is 2.35. The molecule has 0 spiro atoms. The summed E-state index contributed by atoms with van der Waals surface area (Å²) in [6.45, 7) is 0. The molecule has 0 aliphatic rings. The molecule has 0 saturated heterocycles. The maximum atomic E-state index is 13.2. The molecule has 0 saturated carbocycles. The molecule has 3 heteroatoms. The van der Waals surface area contributed by atoms with Gasteiger partial charge in [-0.15, -0.1) is 11.8 Å². The van der Waals surface area contributed by atoms with Crippen molar-refractivity contribution in [3.05, 3.63) is 48.3 Å². The van der Waals surface area contributed by atoms with Gasteiger partial charge < -0.3 is 5.11 Å². The summed E-state index contributed by atoms with van der Waals surface area (Å²) in [7, 11) is 0. The van der Waals surface area contributed by atoms with Crippen molar-refractivity contribution in [2.45, 2.75) is 4.90 Å². The molecule has 0 bridgehead atoms. The highest BCUT2D eigenvalue weighted by Crippen LogP contribution is 2.27. The van der Waals surface area contributed by atoms with E-state index in [0.717, 1.165) is 16.0 Å². The first-order valence-corrected chi connectivity index (χ1v) is 6.06. The third-order valence-corrected chi connectivity index (χ3v) is 3.08. The molecule has 0 heterocycles. The minimum absolute atomic E-state index is 0.315. The lowest BCUT2D eigenvalue weighted by molar-refractivity contribution is 0.432. The molecule has 0 atom stereocenters. The van der Waals surface area contributed by atoms with E-state index in [4.69, 9.17) is 5.11 Å². The summed E-state index contributed by atoms with van der Waals surface area (Å²) in [5.74, 6) is -0.906. The highest BCUT2D eigenvalue weighted by atomic mass is 32.2. The Morgan fingerprint density at radius 3 is 2.50 bits per heavy atom. The van der Waals surface area contributed by atoms with Crippen LogP contribution in [-0.2, 0) is 0 Å². The van der Waals surface area contributed by atoms with Crippen LogP contribution in [0.15, 0.2) is 47.4 Å². The Hall–Kier alpha value is -1.48. The van der Waals surface area contributed by atoms with Crippen molar-refractivity contribution in [1.82, 2.24) is 0 Å². The topological polar surface area (TPSA) is 20.2 Å². The van der Waals surface area contributed by atoms with Crippen molar-refractivity contribution in [1.29, 1.82) is 0 Å². The van der Waals surface area contributed by atoms with Gasteiger partial charge in [0.15, 0.2) is 11.6 Å². The Morgan fingerprint density at radius 2 is 1.81 bits per heavy atom. The summed E-state index contributed by atoms with van der Waals surface area (Å²) >= 11 is 1.64. The van der Waals surface area contributed by atoms with Crippen LogP contribution in [0.5, 0.6) is 5.75 Å². The highest BCUT2D eigenvalue weighted by molar-refractivity contribution is 7.98. The second kappa shape index (κ2) is 4.58. The van der Waals surface area contributed by atoms with E-state index in [-0.39, 0.29) is 5.75 Å². The molecule has 16 heavy (non-hydrogen) atoms. The molecule has 82 valence electrons. The predicted molar refractivity (Wildman–Crippen MR) is 65.3 cm³/mol. The molecule has 0 aliphatic heterocycles. The van der Waals surface area contributed by atoms with E-state index in [9.17, 15) is 4.39 Å². The second-order valence-corrected chi connectivity index (χ2v) is 4.28. The molecule has 0 amide bonds. The highest BCUT2D eigenvalue weighted by Gasteiger charge is 2.04. The van der Waals surface area contributed by atoms with Crippen LogP contribution in [0.25, 0.3) is 11.1 Å². The van der Waals surface area contributed by atoms with Gasteiger partial charge in [-0.1, -0.05) is 18.2 Å². The standard InChI is InChI=1S/C13H11FOS/c1-16-11-4-2-3-9(7-11)10-5-6-13(15)12(14)8-10/h2-8,15H,1H3. The first kappa shape index (κ1) is 11.0. The zero-order valence-corrected chi connectivity index (χ0v) is 9.59. The summed E-state index contributed by atoms with van der Waals surface area (Å²) in [5.41, 5.74) is 1.72. The van der Waals surface area contributed by atoms with Crippen molar-refractivity contribution < 1.29 is 9.50 Å². The number of thioether (sulfide) groups is 1. The van der Waals surface area contributed by atoms with Crippen LogP contribution >= 0.6 is 11.8 Å². The summed E-state index contributed by atoms with van der Waals surface area (Å²) in [6.07, 6.45) is 2.00. The number of hydrogen-bond acceptors (Lipinski definition) is 2. The summed E-state index contributed by atoms with van der Waals surface area (Å²) in [6, 6.07) is 12.3. The molecule has 2 rings (SSSR count). The van der Waals surface area contributed by atoms with Gasteiger partial charge in [0.2, 0.25) is 0 Å². The van der Waals surface area contributed by atoms with Gasteiger partial charge >= 0.3 is 0 Å². The van der Waals surface area contributed by atoms with Crippen molar-refractivity contribution in [2.24, 2.45) is 0 Å². The quantitative estimate of drug-likeness (QED) is 0.795. The predicted octanol–water partition coefficient (Wildman–Crippen LogP) is 3.92. The normalized spacial score (nSPS) is 10.4. The Balaban J connectivity index is 2.46. The number of phenolic OH excluding ortho intramolecular Hbond substituents is 1. The van der Waals surface area contributed by atoms with Crippen LogP contribution < -0.4 is 0 Å². The number of aromatic hydroxyl groups is 1. The molecule has 2 aromatic rings. The van der Waals surface area contributed by atoms with Gasteiger partial charge in [-0.25, -0.2) is 4.39 Å². The van der Waals surface area contributed by atoms with Crippen molar-refractivity contribution in [2.75, 3.05) is 6.26 Å². The van der Waals surface area contributed by atoms with Gasteiger partial charge in [-0.05, 0) is 41.6 Å². The molecule has 2 aromatic carbocycles. The van der Waals surface area contributed by atoms with E-state index in [1.54, 1.807) is 17.8 Å². The van der Waals surface area contributed by atoms with E-state index < -0.39 is 5.82 Å². The minimum atomic E-state index is -0.591. The average molecular weight is 234 g/mol. The number of halogens is 1. The lowest BCUT2D eigenvalue weighted by atomic mass is 10.1. The SMILES string of the molecule is CSc1cccc(-c2ccc(O)c(F)c2)c1. The fourth-order valence-electron chi connectivity index (χ4n) is 1.49. The first-order valence-electron chi connectivity index (χ1n) is 4.83. The van der Waals surface area contributed by atoms with Crippen LogP contribution in [0, 0.1) is 5.82 Å². The zero-order valence-electron chi connectivity index (χ0n) is 8.77.